The molecule has 4 amide bonds. The number of nitrogens with one attached hydrogen (secondary N) is 4. The molecular weight excluding hydrogens is 608 g/mol. The van der Waals surface area contributed by atoms with Crippen molar-refractivity contribution in [1.82, 2.24) is 21.3 Å². The van der Waals surface area contributed by atoms with Gasteiger partial charge in [0, 0.05) is 25.2 Å². The molecule has 0 aromatic heterocycles. The third-order valence-electron chi connectivity index (χ3n) is 7.12. The number of esters is 2. The van der Waals surface area contributed by atoms with E-state index in [0.717, 1.165) is 34.4 Å². The van der Waals surface area contributed by atoms with Crippen LogP contribution < -0.4 is 21.3 Å². The van der Waals surface area contributed by atoms with Gasteiger partial charge in [0.15, 0.2) is 0 Å². The molecule has 0 bridgehead atoms. The molecule has 0 aliphatic heterocycles. The van der Waals surface area contributed by atoms with Crippen molar-refractivity contribution in [2.24, 2.45) is 0 Å². The first-order valence-electron chi connectivity index (χ1n) is 15.7. The van der Waals surface area contributed by atoms with E-state index in [1.54, 1.807) is 0 Å². The summed E-state index contributed by atoms with van der Waals surface area (Å²) < 4.78 is 10.7. The minimum absolute atomic E-state index is 0.118. The van der Waals surface area contributed by atoms with E-state index < -0.39 is 36.1 Å². The van der Waals surface area contributed by atoms with E-state index in [2.05, 4.69) is 21.3 Å². The summed E-state index contributed by atoms with van der Waals surface area (Å²) in [7, 11) is 0. The number of urea groups is 2. The van der Waals surface area contributed by atoms with E-state index in [1.165, 1.54) is 0 Å². The molecule has 10 heteroatoms. The van der Waals surface area contributed by atoms with E-state index in [0.29, 0.717) is 25.9 Å². The predicted molar refractivity (Wildman–Crippen MR) is 183 cm³/mol. The molecule has 48 heavy (non-hydrogen) atoms. The lowest BCUT2D eigenvalue weighted by atomic mass is 10.1. The maximum absolute atomic E-state index is 12.6. The van der Waals surface area contributed by atoms with E-state index in [1.807, 2.05) is 121 Å². The maximum atomic E-state index is 12.6. The molecule has 4 rings (SSSR count). The Bertz CT molecular complexity index is 1480. The molecule has 4 aromatic rings. The maximum Gasteiger partial charge on any atom is 0.331 e. The van der Waals surface area contributed by atoms with Gasteiger partial charge in [0.2, 0.25) is 0 Å². The van der Waals surface area contributed by atoms with Gasteiger partial charge in [-0.1, -0.05) is 121 Å². The molecule has 0 unspecified atom stereocenters. The van der Waals surface area contributed by atoms with Crippen LogP contribution in [-0.4, -0.2) is 49.3 Å². The summed E-state index contributed by atoms with van der Waals surface area (Å²) >= 11 is 0. The Morgan fingerprint density at radius 3 is 1.12 bits per heavy atom. The molecule has 2 atom stereocenters. The van der Waals surface area contributed by atoms with Crippen LogP contribution in [-0.2, 0) is 45.0 Å². The van der Waals surface area contributed by atoms with Crippen LogP contribution in [0.1, 0.15) is 22.3 Å². The Balaban J connectivity index is 1.26. The standard InChI is InChI=1S/C38H40N4O6/c43-35(47-27-33(23-29-13-5-1-6-14-29)41-37(45)39-25-31-17-9-3-10-18-31)21-22-36(44)48-28-34(24-30-15-7-2-8-16-30)42-38(46)40-26-32-19-11-4-12-20-32/h1-22,33-34H,23-28H2,(H2,39,41,45)(H2,40,42,46)/b22-21+/t33-,34-/m0/s1. The molecular formula is C38H40N4O6. The zero-order valence-electron chi connectivity index (χ0n) is 26.5. The summed E-state index contributed by atoms with van der Waals surface area (Å²) in [6.07, 6.45) is 2.80. The van der Waals surface area contributed by atoms with Gasteiger partial charge in [-0.05, 0) is 35.1 Å². The van der Waals surface area contributed by atoms with Crippen molar-refractivity contribution in [2.45, 2.75) is 38.0 Å². The molecule has 0 aliphatic rings. The summed E-state index contributed by atoms with van der Waals surface area (Å²) in [5.41, 5.74) is 3.80. The fraction of sp³-hybridized carbons (Fsp3) is 0.211. The largest absolute Gasteiger partial charge is 0.460 e. The van der Waals surface area contributed by atoms with Gasteiger partial charge in [-0.2, -0.15) is 0 Å². The first kappa shape index (κ1) is 35.0. The van der Waals surface area contributed by atoms with Gasteiger partial charge in [0.25, 0.3) is 0 Å². The highest BCUT2D eigenvalue weighted by Crippen LogP contribution is 2.07. The fourth-order valence-corrected chi connectivity index (χ4v) is 4.73. The Labute approximate surface area is 280 Å². The lowest BCUT2D eigenvalue weighted by Crippen LogP contribution is -2.45. The average Bonchev–Trinajstić information content (AvgIpc) is 3.12. The second kappa shape index (κ2) is 19.6. The lowest BCUT2D eigenvalue weighted by molar-refractivity contribution is -0.141. The third kappa shape index (κ3) is 13.6. The van der Waals surface area contributed by atoms with Gasteiger partial charge in [-0.3, -0.25) is 0 Å². The molecule has 10 nitrogen and oxygen atoms in total. The van der Waals surface area contributed by atoms with Crippen LogP contribution in [0, 0.1) is 0 Å². The normalized spacial score (nSPS) is 11.9. The summed E-state index contributed by atoms with van der Waals surface area (Å²) in [6, 6.07) is 36.2. The van der Waals surface area contributed by atoms with Gasteiger partial charge in [-0.25, -0.2) is 19.2 Å². The van der Waals surface area contributed by atoms with Gasteiger partial charge >= 0.3 is 24.0 Å². The first-order valence-corrected chi connectivity index (χ1v) is 15.7. The van der Waals surface area contributed by atoms with Crippen LogP contribution in [0.5, 0.6) is 0 Å². The number of benzene rings is 4. The second-order valence-corrected chi connectivity index (χ2v) is 11.0. The Morgan fingerprint density at radius 2 is 0.792 bits per heavy atom. The van der Waals surface area contributed by atoms with Crippen molar-refractivity contribution in [3.8, 4) is 0 Å². The number of carbonyl (C=O) groups excluding carboxylic acids is 4. The monoisotopic (exact) mass is 648 g/mol. The lowest BCUT2D eigenvalue weighted by Gasteiger charge is -2.19. The van der Waals surface area contributed by atoms with E-state index >= 15 is 0 Å². The number of hydrogen-bond donors (Lipinski definition) is 4. The molecule has 0 heterocycles. The molecule has 0 radical (unpaired) electrons. The Kier molecular flexibility index (Phi) is 14.3. The highest BCUT2D eigenvalue weighted by Gasteiger charge is 2.17. The van der Waals surface area contributed by atoms with Crippen LogP contribution in [0.25, 0.3) is 0 Å². The van der Waals surface area contributed by atoms with Crippen LogP contribution >= 0.6 is 0 Å². The van der Waals surface area contributed by atoms with Crippen molar-refractivity contribution < 1.29 is 28.7 Å². The van der Waals surface area contributed by atoms with Gasteiger partial charge < -0.3 is 30.7 Å². The predicted octanol–water partition coefficient (Wildman–Crippen LogP) is 4.85. The molecule has 0 spiro atoms. The number of rotatable bonds is 16. The first-order chi connectivity index (χ1) is 23.4. The van der Waals surface area contributed by atoms with Crippen molar-refractivity contribution in [3.63, 3.8) is 0 Å². The highest BCUT2D eigenvalue weighted by atomic mass is 16.5. The van der Waals surface area contributed by atoms with E-state index in [-0.39, 0.29) is 13.2 Å². The summed E-state index contributed by atoms with van der Waals surface area (Å²) in [4.78, 5) is 50.2. The second-order valence-electron chi connectivity index (χ2n) is 11.0. The minimum Gasteiger partial charge on any atom is -0.460 e. The minimum atomic E-state index is -0.768. The van der Waals surface area contributed by atoms with Crippen molar-refractivity contribution >= 4 is 24.0 Å². The average molecular weight is 649 g/mol. The summed E-state index contributed by atoms with van der Waals surface area (Å²) in [5.74, 6) is -1.54. The smallest absolute Gasteiger partial charge is 0.331 e. The molecule has 0 saturated carbocycles. The van der Waals surface area contributed by atoms with E-state index in [9.17, 15) is 19.2 Å². The molecule has 4 aromatic carbocycles. The fourth-order valence-electron chi connectivity index (χ4n) is 4.73. The van der Waals surface area contributed by atoms with Crippen LogP contribution in [0.3, 0.4) is 0 Å². The van der Waals surface area contributed by atoms with Crippen LogP contribution in [0.15, 0.2) is 133 Å². The number of carbonyl (C=O) groups is 4. The summed E-state index contributed by atoms with van der Waals surface area (Å²) in [5, 5.41) is 11.3. The summed E-state index contributed by atoms with van der Waals surface area (Å²) in [6.45, 7) is 0.449. The Morgan fingerprint density at radius 1 is 0.479 bits per heavy atom. The van der Waals surface area contributed by atoms with Crippen molar-refractivity contribution in [2.75, 3.05) is 13.2 Å². The van der Waals surface area contributed by atoms with Gasteiger partial charge in [0.1, 0.15) is 13.2 Å². The molecule has 0 saturated heterocycles. The molecule has 0 fully saturated rings. The van der Waals surface area contributed by atoms with Crippen molar-refractivity contribution in [1.29, 1.82) is 0 Å². The van der Waals surface area contributed by atoms with Crippen LogP contribution in [0.4, 0.5) is 9.59 Å². The third-order valence-corrected chi connectivity index (χ3v) is 7.12. The molecule has 0 aliphatic carbocycles. The topological polar surface area (TPSA) is 135 Å². The zero-order chi connectivity index (χ0) is 33.8. The van der Waals surface area contributed by atoms with Gasteiger partial charge in [-0.15, -0.1) is 0 Å². The number of amides is 4. The number of hydrogen-bond acceptors (Lipinski definition) is 6. The van der Waals surface area contributed by atoms with Crippen LogP contribution in [0.2, 0.25) is 0 Å². The zero-order valence-corrected chi connectivity index (χ0v) is 26.5. The molecule has 248 valence electrons. The van der Waals surface area contributed by atoms with Gasteiger partial charge in [0.05, 0.1) is 12.1 Å². The highest BCUT2D eigenvalue weighted by molar-refractivity contribution is 5.91. The molecule has 4 N–H and O–H groups in total. The number of ether oxygens (including phenoxy) is 2. The van der Waals surface area contributed by atoms with Crippen molar-refractivity contribution in [3.05, 3.63) is 156 Å². The Hall–Kier alpha value is -5.90. The quantitative estimate of drug-likeness (QED) is 0.101. The van der Waals surface area contributed by atoms with E-state index in [4.69, 9.17) is 9.47 Å². The SMILES string of the molecule is O=C(NCc1ccccc1)N[C@H](COC(=O)/C=C/C(=O)OC[C@H](Cc1ccccc1)NC(=O)NCc1ccccc1)Cc1ccccc1.